The maximum Gasteiger partial charge on any atom is 0.387 e. The van der Waals surface area contributed by atoms with Crippen LogP contribution >= 0.6 is 15.9 Å². The Morgan fingerprint density at radius 2 is 2.12 bits per heavy atom. The number of hydrogen-bond acceptors (Lipinski definition) is 3. The SMILES string of the molecule is CC(Br)C(=O)c1ccc(O)c(OC(F)F)c1. The average Bonchev–Trinajstić information content (AvgIpc) is 2.19. The van der Waals surface area contributed by atoms with E-state index in [2.05, 4.69) is 20.7 Å². The van der Waals surface area contributed by atoms with Crippen LogP contribution in [0.1, 0.15) is 17.3 Å². The number of carbonyl (C=O) groups excluding carboxylic acids is 1. The van der Waals surface area contributed by atoms with E-state index >= 15 is 0 Å². The lowest BCUT2D eigenvalue weighted by Gasteiger charge is -2.09. The third-order valence-corrected chi connectivity index (χ3v) is 2.24. The molecule has 88 valence electrons. The molecule has 0 heterocycles. The highest BCUT2D eigenvalue weighted by molar-refractivity contribution is 9.10. The number of alkyl halides is 3. The Bertz CT molecular complexity index is 394. The monoisotopic (exact) mass is 294 g/mol. The Labute approximate surface area is 99.2 Å². The number of phenolic OH excluding ortho intramolecular Hbond substituents is 1. The van der Waals surface area contributed by atoms with Crippen molar-refractivity contribution in [1.82, 2.24) is 0 Å². The molecule has 0 amide bonds. The van der Waals surface area contributed by atoms with Crippen LogP contribution in [0.5, 0.6) is 11.5 Å². The lowest BCUT2D eigenvalue weighted by Crippen LogP contribution is -2.10. The number of phenols is 1. The standard InChI is InChI=1S/C10H9BrF2O3/c1-5(11)9(15)6-2-3-7(14)8(4-6)16-10(12)13/h2-5,10,14H,1H3. The van der Waals surface area contributed by atoms with Gasteiger partial charge in [-0.1, -0.05) is 15.9 Å². The molecule has 1 unspecified atom stereocenters. The molecule has 6 heteroatoms. The summed E-state index contributed by atoms with van der Waals surface area (Å²) in [7, 11) is 0. The fraction of sp³-hybridized carbons (Fsp3) is 0.300. The molecule has 0 saturated heterocycles. The molecule has 0 bridgehead atoms. The Kier molecular flexibility index (Phi) is 4.23. The van der Waals surface area contributed by atoms with Crippen LogP contribution in [0, 0.1) is 0 Å². The number of hydrogen-bond donors (Lipinski definition) is 1. The van der Waals surface area contributed by atoms with Crippen LogP contribution in [0.4, 0.5) is 8.78 Å². The summed E-state index contributed by atoms with van der Waals surface area (Å²) in [6.07, 6.45) is 0. The summed E-state index contributed by atoms with van der Waals surface area (Å²) in [5, 5.41) is 9.22. The molecular weight excluding hydrogens is 286 g/mol. The summed E-state index contributed by atoms with van der Waals surface area (Å²) in [5.41, 5.74) is 0.192. The first-order valence-electron chi connectivity index (χ1n) is 4.38. The first kappa shape index (κ1) is 12.9. The minimum Gasteiger partial charge on any atom is -0.504 e. The van der Waals surface area contributed by atoms with Gasteiger partial charge < -0.3 is 9.84 Å². The third-order valence-electron chi connectivity index (χ3n) is 1.82. The van der Waals surface area contributed by atoms with Crippen LogP contribution in [0.3, 0.4) is 0 Å². The van der Waals surface area contributed by atoms with Gasteiger partial charge in [0.1, 0.15) is 0 Å². The third kappa shape index (κ3) is 3.16. The molecule has 1 N–H and O–H groups in total. The minimum absolute atomic E-state index is 0.192. The van der Waals surface area contributed by atoms with E-state index in [9.17, 15) is 18.7 Å². The minimum atomic E-state index is -3.04. The largest absolute Gasteiger partial charge is 0.504 e. The summed E-state index contributed by atoms with van der Waals surface area (Å²) in [4.78, 5) is 11.1. The highest BCUT2D eigenvalue weighted by atomic mass is 79.9. The molecule has 0 aliphatic rings. The summed E-state index contributed by atoms with van der Waals surface area (Å²) < 4.78 is 28.0. The van der Waals surface area contributed by atoms with Crippen molar-refractivity contribution in [3.63, 3.8) is 0 Å². The summed E-state index contributed by atoms with van der Waals surface area (Å²) in [6, 6.07) is 3.57. The number of halogens is 3. The van der Waals surface area contributed by atoms with E-state index in [1.54, 1.807) is 6.92 Å². The topological polar surface area (TPSA) is 46.5 Å². The molecule has 1 aromatic carbocycles. The molecule has 0 aromatic heterocycles. The lowest BCUT2D eigenvalue weighted by molar-refractivity contribution is -0.0512. The number of benzene rings is 1. The summed E-state index contributed by atoms with van der Waals surface area (Å²) in [5.74, 6) is -1.12. The number of rotatable bonds is 4. The molecule has 0 fully saturated rings. The Morgan fingerprint density at radius 3 is 2.62 bits per heavy atom. The van der Waals surface area contributed by atoms with Gasteiger partial charge in [-0.05, 0) is 25.1 Å². The molecule has 16 heavy (non-hydrogen) atoms. The molecule has 1 aromatic rings. The fourth-order valence-electron chi connectivity index (χ4n) is 1.09. The summed E-state index contributed by atoms with van der Waals surface area (Å²) >= 11 is 3.07. The Hall–Kier alpha value is -1.17. The highest BCUT2D eigenvalue weighted by Crippen LogP contribution is 2.29. The van der Waals surface area contributed by atoms with Gasteiger partial charge in [0.05, 0.1) is 4.83 Å². The predicted molar refractivity (Wildman–Crippen MR) is 57.5 cm³/mol. The molecule has 3 nitrogen and oxygen atoms in total. The molecule has 0 spiro atoms. The smallest absolute Gasteiger partial charge is 0.387 e. The first-order valence-corrected chi connectivity index (χ1v) is 5.29. The second kappa shape index (κ2) is 5.25. The predicted octanol–water partition coefficient (Wildman–Crippen LogP) is 2.96. The average molecular weight is 295 g/mol. The van der Waals surface area contributed by atoms with Crippen LogP contribution in [-0.2, 0) is 0 Å². The lowest BCUT2D eigenvalue weighted by atomic mass is 10.1. The van der Waals surface area contributed by atoms with Gasteiger partial charge in [-0.3, -0.25) is 4.79 Å². The molecule has 0 saturated carbocycles. The van der Waals surface area contributed by atoms with E-state index in [1.807, 2.05) is 0 Å². The van der Waals surface area contributed by atoms with Crippen molar-refractivity contribution in [2.45, 2.75) is 18.4 Å². The molecule has 1 atom stereocenters. The maximum atomic E-state index is 12.0. The first-order chi connectivity index (χ1) is 7.41. The van der Waals surface area contributed by atoms with Gasteiger partial charge in [0, 0.05) is 5.56 Å². The fourth-order valence-corrected chi connectivity index (χ4v) is 1.35. The number of ether oxygens (including phenoxy) is 1. The van der Waals surface area contributed by atoms with E-state index in [1.165, 1.54) is 6.07 Å². The Balaban J connectivity index is 3.02. The van der Waals surface area contributed by atoms with Crippen molar-refractivity contribution < 1.29 is 23.4 Å². The maximum absolute atomic E-state index is 12.0. The molecule has 0 radical (unpaired) electrons. The van der Waals surface area contributed by atoms with Crippen LogP contribution in [-0.4, -0.2) is 22.3 Å². The van der Waals surface area contributed by atoms with Gasteiger partial charge in [0.25, 0.3) is 0 Å². The van der Waals surface area contributed by atoms with E-state index in [-0.39, 0.29) is 11.3 Å². The second-order valence-electron chi connectivity index (χ2n) is 3.04. The van der Waals surface area contributed by atoms with Crippen molar-refractivity contribution in [2.75, 3.05) is 0 Å². The molecule has 0 aliphatic carbocycles. The van der Waals surface area contributed by atoms with Gasteiger partial charge >= 0.3 is 6.61 Å². The zero-order valence-corrected chi connectivity index (χ0v) is 9.87. The highest BCUT2D eigenvalue weighted by Gasteiger charge is 2.16. The van der Waals surface area contributed by atoms with Crippen molar-refractivity contribution in [3.05, 3.63) is 23.8 Å². The number of carbonyl (C=O) groups is 1. The normalized spacial score (nSPS) is 12.6. The van der Waals surface area contributed by atoms with E-state index in [0.717, 1.165) is 12.1 Å². The number of ketones is 1. The van der Waals surface area contributed by atoms with E-state index in [4.69, 9.17) is 0 Å². The second-order valence-corrected chi connectivity index (χ2v) is 4.41. The van der Waals surface area contributed by atoms with Gasteiger partial charge in [-0.2, -0.15) is 8.78 Å². The van der Waals surface area contributed by atoms with Gasteiger partial charge in [0.2, 0.25) is 0 Å². The van der Waals surface area contributed by atoms with Crippen LogP contribution < -0.4 is 4.74 Å². The quantitative estimate of drug-likeness (QED) is 0.686. The van der Waals surface area contributed by atoms with Crippen molar-refractivity contribution in [2.24, 2.45) is 0 Å². The van der Waals surface area contributed by atoms with Crippen LogP contribution in [0.15, 0.2) is 18.2 Å². The van der Waals surface area contributed by atoms with E-state index in [0.29, 0.717) is 0 Å². The van der Waals surface area contributed by atoms with Crippen molar-refractivity contribution >= 4 is 21.7 Å². The molecule has 1 rings (SSSR count). The number of Topliss-reactive ketones (excluding diaryl/α,β-unsaturated/α-hetero) is 1. The zero-order chi connectivity index (χ0) is 12.3. The molecule has 0 aliphatic heterocycles. The number of aromatic hydroxyl groups is 1. The van der Waals surface area contributed by atoms with Crippen LogP contribution in [0.2, 0.25) is 0 Å². The van der Waals surface area contributed by atoms with Crippen molar-refractivity contribution in [1.29, 1.82) is 0 Å². The molecular formula is C10H9BrF2O3. The summed E-state index contributed by atoms with van der Waals surface area (Å²) in [6.45, 7) is -1.43. The Morgan fingerprint density at radius 1 is 1.50 bits per heavy atom. The van der Waals surface area contributed by atoms with Crippen molar-refractivity contribution in [3.8, 4) is 11.5 Å². The van der Waals surface area contributed by atoms with Gasteiger partial charge in [-0.25, -0.2) is 0 Å². The van der Waals surface area contributed by atoms with Crippen LogP contribution in [0.25, 0.3) is 0 Å². The van der Waals surface area contributed by atoms with Gasteiger partial charge in [0.15, 0.2) is 17.3 Å². The zero-order valence-electron chi connectivity index (χ0n) is 8.28. The van der Waals surface area contributed by atoms with Gasteiger partial charge in [-0.15, -0.1) is 0 Å². The van der Waals surface area contributed by atoms with E-state index < -0.39 is 22.9 Å².